The van der Waals surface area contributed by atoms with Crippen molar-refractivity contribution in [2.24, 2.45) is 0 Å². The zero-order valence-corrected chi connectivity index (χ0v) is 18.8. The monoisotopic (exact) mass is 456 g/mol. The molecule has 0 aliphatic rings. The van der Waals surface area contributed by atoms with Gasteiger partial charge in [0.1, 0.15) is 16.4 Å². The fourth-order valence-electron chi connectivity index (χ4n) is 3.15. The molecule has 8 nitrogen and oxygen atoms in total. The summed E-state index contributed by atoms with van der Waals surface area (Å²) >= 11 is 3.01. The van der Waals surface area contributed by atoms with Gasteiger partial charge in [-0.25, -0.2) is 4.98 Å². The molecule has 4 aromatic heterocycles. The fourth-order valence-corrected chi connectivity index (χ4v) is 5.07. The maximum Gasteiger partial charge on any atom is 0.286 e. The number of fused-ring (bicyclic) bond motifs is 1. The number of carbonyl (C=O) groups is 2. The largest absolute Gasteiger partial charge is 0.454 e. The van der Waals surface area contributed by atoms with Crippen molar-refractivity contribution < 1.29 is 14.0 Å². The molecule has 4 aromatic rings. The predicted molar refractivity (Wildman–Crippen MR) is 121 cm³/mol. The van der Waals surface area contributed by atoms with E-state index >= 15 is 0 Å². The Kier molecular flexibility index (Phi) is 5.75. The number of H-pyrrole nitrogens is 1. The van der Waals surface area contributed by atoms with Crippen LogP contribution in [0.4, 0.5) is 0 Å². The maximum absolute atomic E-state index is 12.7. The van der Waals surface area contributed by atoms with Gasteiger partial charge in [-0.1, -0.05) is 0 Å². The highest BCUT2D eigenvalue weighted by molar-refractivity contribution is 7.19. The third-order valence-corrected chi connectivity index (χ3v) is 6.65. The second-order valence-corrected chi connectivity index (χ2v) is 9.17. The van der Waals surface area contributed by atoms with Crippen molar-refractivity contribution >= 4 is 44.7 Å². The molecule has 4 heterocycles. The topological polar surface area (TPSA) is 108 Å². The van der Waals surface area contributed by atoms with Crippen LogP contribution in [0.25, 0.3) is 20.7 Å². The summed E-state index contributed by atoms with van der Waals surface area (Å²) in [4.78, 5) is 48.5. The van der Waals surface area contributed by atoms with Crippen LogP contribution >= 0.6 is 22.7 Å². The van der Waals surface area contributed by atoms with Crippen molar-refractivity contribution in [3.8, 4) is 10.4 Å². The van der Waals surface area contributed by atoms with E-state index in [0.29, 0.717) is 21.8 Å². The van der Waals surface area contributed by atoms with Crippen LogP contribution in [0.2, 0.25) is 0 Å². The molecule has 0 saturated carbocycles. The minimum atomic E-state index is -0.330. The first kappa shape index (κ1) is 21.0. The minimum Gasteiger partial charge on any atom is -0.454 e. The van der Waals surface area contributed by atoms with E-state index in [4.69, 9.17) is 4.42 Å². The molecule has 0 spiro atoms. The van der Waals surface area contributed by atoms with Crippen molar-refractivity contribution in [1.82, 2.24) is 20.2 Å². The van der Waals surface area contributed by atoms with Crippen LogP contribution in [0.1, 0.15) is 27.0 Å². The van der Waals surface area contributed by atoms with Crippen LogP contribution < -0.4 is 10.9 Å². The fraction of sp³-hybridized carbons (Fsp3) is 0.238. The van der Waals surface area contributed by atoms with Crippen LogP contribution in [-0.2, 0) is 17.8 Å². The molecule has 0 aliphatic heterocycles. The number of aryl methyl sites for hydroxylation is 1. The van der Waals surface area contributed by atoms with E-state index in [1.54, 1.807) is 30.5 Å². The number of aromatic nitrogens is 2. The van der Waals surface area contributed by atoms with Gasteiger partial charge in [0.15, 0.2) is 5.76 Å². The standard InChI is InChI=1S/C21H20N4O4S2/c1-11-4-7-15(31-11)13-10-30-21-18(13)20(28)23-16(24-21)8-17(26)25(3)9-12-5-6-14(29-12)19(27)22-2/h4-7,10H,8-9H2,1-3H3,(H,22,27)(H,23,24,28). The lowest BCUT2D eigenvalue weighted by molar-refractivity contribution is -0.130. The quantitative estimate of drug-likeness (QED) is 0.463. The van der Waals surface area contributed by atoms with Gasteiger partial charge in [0.25, 0.3) is 11.5 Å². The summed E-state index contributed by atoms with van der Waals surface area (Å²) in [5.41, 5.74) is 0.616. The van der Waals surface area contributed by atoms with Gasteiger partial charge in [-0.05, 0) is 31.2 Å². The van der Waals surface area contributed by atoms with Gasteiger partial charge in [-0.3, -0.25) is 14.4 Å². The third kappa shape index (κ3) is 4.30. The van der Waals surface area contributed by atoms with E-state index in [9.17, 15) is 14.4 Å². The average Bonchev–Trinajstić information content (AvgIpc) is 3.47. The van der Waals surface area contributed by atoms with Gasteiger partial charge in [0.2, 0.25) is 5.91 Å². The summed E-state index contributed by atoms with van der Waals surface area (Å²) in [7, 11) is 3.15. The molecule has 0 saturated heterocycles. The zero-order chi connectivity index (χ0) is 22.1. The lowest BCUT2D eigenvalue weighted by Gasteiger charge is -2.15. The number of hydrogen-bond acceptors (Lipinski definition) is 7. The third-order valence-electron chi connectivity index (χ3n) is 4.75. The Labute approximate surface area is 185 Å². The molecule has 4 rings (SSSR count). The number of amides is 2. The molecule has 10 heteroatoms. The Hall–Kier alpha value is -3.24. The average molecular weight is 457 g/mol. The Morgan fingerprint density at radius 3 is 2.77 bits per heavy atom. The highest BCUT2D eigenvalue weighted by Crippen LogP contribution is 2.34. The van der Waals surface area contributed by atoms with Crippen molar-refractivity contribution in [2.45, 2.75) is 19.9 Å². The second-order valence-electron chi connectivity index (χ2n) is 7.02. The first-order chi connectivity index (χ1) is 14.9. The second kappa shape index (κ2) is 8.48. The number of hydrogen-bond donors (Lipinski definition) is 2. The summed E-state index contributed by atoms with van der Waals surface area (Å²) < 4.78 is 5.45. The van der Waals surface area contributed by atoms with Gasteiger partial charge in [0, 0.05) is 34.8 Å². The normalized spacial score (nSPS) is 11.1. The molecule has 0 radical (unpaired) electrons. The molecule has 0 aliphatic carbocycles. The molecule has 2 amide bonds. The summed E-state index contributed by atoms with van der Waals surface area (Å²) in [5.74, 6) is 0.426. The SMILES string of the molecule is CNC(=O)c1ccc(CN(C)C(=O)Cc2nc3scc(-c4ccc(C)s4)c3c(=O)[nH]2)o1. The van der Waals surface area contributed by atoms with Crippen molar-refractivity contribution in [2.75, 3.05) is 14.1 Å². The van der Waals surface area contributed by atoms with Gasteiger partial charge in [-0.2, -0.15) is 0 Å². The van der Waals surface area contributed by atoms with Gasteiger partial charge >= 0.3 is 0 Å². The van der Waals surface area contributed by atoms with E-state index in [0.717, 1.165) is 10.4 Å². The summed E-state index contributed by atoms with van der Waals surface area (Å²) in [6.07, 6.45) is -0.0456. The van der Waals surface area contributed by atoms with Crippen molar-refractivity contribution in [3.05, 3.63) is 62.2 Å². The first-order valence-electron chi connectivity index (χ1n) is 9.47. The summed E-state index contributed by atoms with van der Waals surface area (Å²) in [6.45, 7) is 2.22. The number of aromatic amines is 1. The van der Waals surface area contributed by atoms with Crippen LogP contribution in [0, 0.1) is 6.92 Å². The molecular weight excluding hydrogens is 436 g/mol. The molecule has 0 aromatic carbocycles. The van der Waals surface area contributed by atoms with E-state index in [1.165, 1.54) is 28.2 Å². The number of furan rings is 1. The Bertz CT molecular complexity index is 1330. The van der Waals surface area contributed by atoms with E-state index in [2.05, 4.69) is 15.3 Å². The summed E-state index contributed by atoms with van der Waals surface area (Å²) in [5, 5.41) is 4.96. The molecule has 0 bridgehead atoms. The molecule has 160 valence electrons. The van der Waals surface area contributed by atoms with Crippen LogP contribution in [0.15, 0.2) is 38.9 Å². The number of rotatable bonds is 6. The van der Waals surface area contributed by atoms with Crippen molar-refractivity contribution in [1.29, 1.82) is 0 Å². The van der Waals surface area contributed by atoms with E-state index < -0.39 is 0 Å². The van der Waals surface area contributed by atoms with Crippen LogP contribution in [0.3, 0.4) is 0 Å². The molecule has 0 fully saturated rings. The number of carbonyl (C=O) groups excluding carboxylic acids is 2. The van der Waals surface area contributed by atoms with Crippen molar-refractivity contribution in [3.63, 3.8) is 0 Å². The number of thiophene rings is 2. The smallest absolute Gasteiger partial charge is 0.286 e. The van der Waals surface area contributed by atoms with Gasteiger partial charge in [-0.15, -0.1) is 22.7 Å². The van der Waals surface area contributed by atoms with Crippen LogP contribution in [-0.4, -0.2) is 40.8 Å². The Morgan fingerprint density at radius 2 is 2.06 bits per heavy atom. The number of nitrogens with zero attached hydrogens (tertiary/aromatic N) is 2. The number of likely N-dealkylation sites (N-methyl/N-ethyl adjacent to an activating group) is 1. The van der Waals surface area contributed by atoms with Gasteiger partial charge < -0.3 is 19.6 Å². The zero-order valence-electron chi connectivity index (χ0n) is 17.1. The van der Waals surface area contributed by atoms with E-state index in [-0.39, 0.29) is 36.1 Å². The highest BCUT2D eigenvalue weighted by Gasteiger charge is 2.18. The highest BCUT2D eigenvalue weighted by atomic mass is 32.1. The number of nitrogens with one attached hydrogen (secondary N) is 2. The molecule has 31 heavy (non-hydrogen) atoms. The maximum atomic E-state index is 12.7. The molecule has 0 atom stereocenters. The van der Waals surface area contributed by atoms with E-state index in [1.807, 2.05) is 24.4 Å². The van der Waals surface area contributed by atoms with Crippen LogP contribution in [0.5, 0.6) is 0 Å². The molecular formula is C21H20N4O4S2. The lowest BCUT2D eigenvalue weighted by Crippen LogP contribution is -2.29. The molecule has 0 unspecified atom stereocenters. The predicted octanol–water partition coefficient (Wildman–Crippen LogP) is 3.18. The summed E-state index contributed by atoms with van der Waals surface area (Å²) in [6, 6.07) is 7.23. The Morgan fingerprint density at radius 1 is 1.26 bits per heavy atom. The first-order valence-corrected chi connectivity index (χ1v) is 11.2. The lowest BCUT2D eigenvalue weighted by atomic mass is 10.2. The Balaban J connectivity index is 1.50. The minimum absolute atomic E-state index is 0.0456. The van der Waals surface area contributed by atoms with Gasteiger partial charge in [0.05, 0.1) is 18.4 Å². The molecule has 2 N–H and O–H groups in total.